The number of hydrogen-bond acceptors (Lipinski definition) is 2. The highest BCUT2D eigenvalue weighted by Crippen LogP contribution is 2.30. The molecular weight excluding hydrogens is 280 g/mol. The van der Waals surface area contributed by atoms with E-state index in [0.717, 1.165) is 16.6 Å². The van der Waals surface area contributed by atoms with Crippen molar-refractivity contribution in [2.75, 3.05) is 0 Å². The van der Waals surface area contributed by atoms with Crippen molar-refractivity contribution in [3.05, 3.63) is 16.4 Å². The molecule has 1 aliphatic carbocycles. The third-order valence-electron chi connectivity index (χ3n) is 3.54. The van der Waals surface area contributed by atoms with E-state index in [1.807, 2.05) is 0 Å². The molecule has 0 radical (unpaired) electrons. The van der Waals surface area contributed by atoms with Gasteiger partial charge in [-0.25, -0.2) is 0 Å². The highest BCUT2D eigenvalue weighted by atomic mass is 79.9. The number of rotatable bonds is 5. The maximum absolute atomic E-state index is 5.73. The van der Waals surface area contributed by atoms with Crippen molar-refractivity contribution in [2.45, 2.75) is 64.7 Å². The topological polar surface area (TPSA) is 27.1 Å². The number of halogens is 1. The maximum Gasteiger partial charge on any atom is 0.102 e. The predicted octanol–water partition coefficient (Wildman–Crippen LogP) is 4.08. The highest BCUT2D eigenvalue weighted by Gasteiger charge is 2.19. The third-order valence-corrected chi connectivity index (χ3v) is 4.20. The van der Waals surface area contributed by atoms with Gasteiger partial charge < -0.3 is 4.74 Å². The Morgan fingerprint density at radius 2 is 2.24 bits per heavy atom. The van der Waals surface area contributed by atoms with Crippen LogP contribution in [-0.2, 0) is 11.3 Å². The zero-order valence-corrected chi connectivity index (χ0v) is 12.2. The molecule has 1 aromatic rings. The molecule has 0 amide bonds. The van der Waals surface area contributed by atoms with Crippen molar-refractivity contribution in [2.24, 2.45) is 0 Å². The molecule has 0 saturated heterocycles. The van der Waals surface area contributed by atoms with E-state index in [4.69, 9.17) is 4.74 Å². The summed E-state index contributed by atoms with van der Waals surface area (Å²) < 4.78 is 8.92. The summed E-state index contributed by atoms with van der Waals surface area (Å²) >= 11 is 3.57. The van der Waals surface area contributed by atoms with Gasteiger partial charge in [0, 0.05) is 6.20 Å². The van der Waals surface area contributed by atoms with E-state index in [1.165, 1.54) is 25.7 Å². The monoisotopic (exact) mass is 300 g/mol. The molecule has 0 N–H and O–H groups in total. The van der Waals surface area contributed by atoms with Gasteiger partial charge in [0.25, 0.3) is 0 Å². The van der Waals surface area contributed by atoms with Crippen LogP contribution >= 0.6 is 15.9 Å². The first-order valence-corrected chi connectivity index (χ1v) is 7.35. The summed E-state index contributed by atoms with van der Waals surface area (Å²) in [5, 5.41) is 4.64. The normalized spacial score (nSPS) is 18.8. The van der Waals surface area contributed by atoms with Gasteiger partial charge in [-0.05, 0) is 42.1 Å². The zero-order chi connectivity index (χ0) is 12.3. The molecule has 0 bridgehead atoms. The summed E-state index contributed by atoms with van der Waals surface area (Å²) in [5.41, 5.74) is 1.03. The lowest BCUT2D eigenvalue weighted by atomic mass is 10.3. The van der Waals surface area contributed by atoms with Gasteiger partial charge in [-0.15, -0.1) is 0 Å². The zero-order valence-electron chi connectivity index (χ0n) is 10.7. The van der Waals surface area contributed by atoms with E-state index < -0.39 is 0 Å². The van der Waals surface area contributed by atoms with Crippen molar-refractivity contribution >= 4 is 15.9 Å². The minimum Gasteiger partial charge on any atom is -0.372 e. The summed E-state index contributed by atoms with van der Waals surface area (Å²) in [6.07, 6.45) is 8.64. The highest BCUT2D eigenvalue weighted by molar-refractivity contribution is 9.10. The van der Waals surface area contributed by atoms with Crippen LogP contribution in [0.5, 0.6) is 0 Å². The fourth-order valence-electron chi connectivity index (χ4n) is 2.20. The first kappa shape index (κ1) is 13.1. The summed E-state index contributed by atoms with van der Waals surface area (Å²) in [4.78, 5) is 0. The van der Waals surface area contributed by atoms with Gasteiger partial charge in [0.1, 0.15) is 5.69 Å². The van der Waals surface area contributed by atoms with Crippen LogP contribution in [0.25, 0.3) is 0 Å². The first-order valence-electron chi connectivity index (χ1n) is 6.55. The Morgan fingerprint density at radius 3 is 2.88 bits per heavy atom. The molecule has 96 valence electrons. The molecule has 2 rings (SSSR count). The quantitative estimate of drug-likeness (QED) is 0.819. The van der Waals surface area contributed by atoms with Crippen molar-refractivity contribution in [1.82, 2.24) is 9.78 Å². The smallest absolute Gasteiger partial charge is 0.102 e. The van der Waals surface area contributed by atoms with Crippen molar-refractivity contribution in [3.8, 4) is 0 Å². The number of hydrogen-bond donors (Lipinski definition) is 0. The molecule has 3 nitrogen and oxygen atoms in total. The minimum absolute atomic E-state index is 0.304. The van der Waals surface area contributed by atoms with Gasteiger partial charge >= 0.3 is 0 Å². The second-order valence-corrected chi connectivity index (χ2v) is 5.73. The summed E-state index contributed by atoms with van der Waals surface area (Å²) in [6.45, 7) is 4.84. The number of aromatic nitrogens is 2. The molecule has 1 saturated carbocycles. The molecule has 1 aromatic heterocycles. The Morgan fingerprint density at radius 1 is 1.53 bits per heavy atom. The first-order chi connectivity index (χ1) is 8.20. The Hall–Kier alpha value is -0.350. The van der Waals surface area contributed by atoms with Crippen LogP contribution < -0.4 is 0 Å². The second-order valence-electron chi connectivity index (χ2n) is 4.87. The van der Waals surface area contributed by atoms with Crippen LogP contribution in [0.1, 0.15) is 57.7 Å². The van der Waals surface area contributed by atoms with Gasteiger partial charge in [-0.3, -0.25) is 4.68 Å². The standard InChI is InChI=1S/C13H21BrN2O/c1-3-10(2)17-9-13-12(14)8-16(15-13)11-6-4-5-7-11/h8,10-11H,3-7,9H2,1-2H3/t10-/m1/s1. The van der Waals surface area contributed by atoms with Crippen molar-refractivity contribution in [1.29, 1.82) is 0 Å². The van der Waals surface area contributed by atoms with Crippen LogP contribution in [-0.4, -0.2) is 15.9 Å². The Labute approximate surface area is 112 Å². The SMILES string of the molecule is CC[C@@H](C)OCc1nn(C2CCCC2)cc1Br. The molecule has 4 heteroatoms. The summed E-state index contributed by atoms with van der Waals surface area (Å²) in [6, 6.07) is 0.601. The van der Waals surface area contributed by atoms with Crippen LogP contribution in [0.2, 0.25) is 0 Å². The average Bonchev–Trinajstić information content (AvgIpc) is 2.95. The average molecular weight is 301 g/mol. The van der Waals surface area contributed by atoms with E-state index in [9.17, 15) is 0 Å². The lowest BCUT2D eigenvalue weighted by molar-refractivity contribution is 0.0482. The molecule has 0 spiro atoms. The van der Waals surface area contributed by atoms with Gasteiger partial charge in [-0.2, -0.15) is 5.10 Å². The second kappa shape index (κ2) is 6.01. The third kappa shape index (κ3) is 3.32. The van der Waals surface area contributed by atoms with Crippen molar-refractivity contribution < 1.29 is 4.74 Å². The van der Waals surface area contributed by atoms with Gasteiger partial charge in [0.05, 0.1) is 23.2 Å². The van der Waals surface area contributed by atoms with E-state index in [1.54, 1.807) is 0 Å². The van der Waals surface area contributed by atoms with E-state index in [2.05, 4.69) is 45.8 Å². The fraction of sp³-hybridized carbons (Fsp3) is 0.769. The molecule has 0 aromatic carbocycles. The van der Waals surface area contributed by atoms with E-state index >= 15 is 0 Å². The number of ether oxygens (including phenoxy) is 1. The fourth-order valence-corrected chi connectivity index (χ4v) is 2.60. The number of nitrogens with zero attached hydrogens (tertiary/aromatic N) is 2. The summed E-state index contributed by atoms with van der Waals surface area (Å²) in [5.74, 6) is 0. The molecular formula is C13H21BrN2O. The lowest BCUT2D eigenvalue weighted by Gasteiger charge is -2.10. The Bertz CT molecular complexity index is 358. The maximum atomic E-state index is 5.73. The van der Waals surface area contributed by atoms with Crippen LogP contribution in [0.4, 0.5) is 0 Å². The van der Waals surface area contributed by atoms with Gasteiger partial charge in [-0.1, -0.05) is 19.8 Å². The molecule has 1 atom stereocenters. The molecule has 1 heterocycles. The molecule has 0 unspecified atom stereocenters. The van der Waals surface area contributed by atoms with Crippen molar-refractivity contribution in [3.63, 3.8) is 0 Å². The molecule has 17 heavy (non-hydrogen) atoms. The van der Waals surface area contributed by atoms with E-state index in [-0.39, 0.29) is 0 Å². The van der Waals surface area contributed by atoms with Gasteiger partial charge in [0.2, 0.25) is 0 Å². The van der Waals surface area contributed by atoms with Gasteiger partial charge in [0.15, 0.2) is 0 Å². The van der Waals surface area contributed by atoms with Crippen LogP contribution in [0.3, 0.4) is 0 Å². The predicted molar refractivity (Wildman–Crippen MR) is 72.0 cm³/mol. The molecule has 0 aliphatic heterocycles. The lowest BCUT2D eigenvalue weighted by Crippen LogP contribution is -2.08. The Balaban J connectivity index is 1.97. The molecule has 1 aliphatic rings. The largest absolute Gasteiger partial charge is 0.372 e. The minimum atomic E-state index is 0.304. The summed E-state index contributed by atoms with van der Waals surface area (Å²) in [7, 11) is 0. The van der Waals surface area contributed by atoms with E-state index in [0.29, 0.717) is 18.8 Å². The Kier molecular flexibility index (Phi) is 4.62. The van der Waals surface area contributed by atoms with Crippen LogP contribution in [0, 0.1) is 0 Å². The molecule has 1 fully saturated rings. The van der Waals surface area contributed by atoms with Crippen LogP contribution in [0.15, 0.2) is 10.7 Å².